The number of carbonyl (C=O) groups is 3. The highest BCUT2D eigenvalue weighted by atomic mass is 16.3. The van der Waals surface area contributed by atoms with Crippen LogP contribution in [0.4, 0.5) is 0 Å². The molecule has 1 fully saturated rings. The van der Waals surface area contributed by atoms with Crippen molar-refractivity contribution in [1.82, 2.24) is 0 Å². The van der Waals surface area contributed by atoms with E-state index < -0.39 is 52.0 Å². The average Bonchev–Trinajstić information content (AvgIpc) is 2.70. The number of rotatable bonds is 2. The Balaban J connectivity index is 1.93. The van der Waals surface area contributed by atoms with Gasteiger partial charge in [0.2, 0.25) is 5.78 Å². The standard InChI is InChI=1S/C22H18N2O7/c23-5-1-2-9-3-4-13(25)16-12(9)7-10-6-11-8-14(26)17(21(24)30)20(29)22(11,31)19(28)15(10)18(16)27/h1-4,10-11,25,27,29,31H,6-8H2,(H2,24,30)/t10-,11+,22+/m1/s1. The minimum absolute atomic E-state index is 0.00720. The van der Waals surface area contributed by atoms with E-state index in [9.17, 15) is 34.8 Å². The number of nitrogens with two attached hydrogens (primary N) is 1. The van der Waals surface area contributed by atoms with E-state index in [0.717, 1.165) is 0 Å². The van der Waals surface area contributed by atoms with E-state index >= 15 is 0 Å². The van der Waals surface area contributed by atoms with Crippen molar-refractivity contribution >= 4 is 29.3 Å². The van der Waals surface area contributed by atoms with Crippen molar-refractivity contribution in [3.8, 4) is 11.8 Å². The molecule has 0 saturated heterocycles. The van der Waals surface area contributed by atoms with E-state index in [2.05, 4.69) is 0 Å². The number of aliphatic hydroxyl groups excluding tert-OH is 2. The van der Waals surface area contributed by atoms with Gasteiger partial charge in [-0.15, -0.1) is 0 Å². The number of phenolic OH excluding ortho intramolecular Hbond substituents is 1. The molecule has 3 atom stereocenters. The van der Waals surface area contributed by atoms with Gasteiger partial charge < -0.3 is 26.2 Å². The number of aromatic hydroxyl groups is 1. The number of amides is 1. The minimum atomic E-state index is -2.58. The van der Waals surface area contributed by atoms with Crippen LogP contribution in [-0.4, -0.2) is 43.5 Å². The molecular weight excluding hydrogens is 404 g/mol. The second-order valence-electron chi connectivity index (χ2n) is 7.90. The molecule has 9 nitrogen and oxygen atoms in total. The molecule has 0 spiro atoms. The number of primary amides is 1. The molecule has 1 aromatic carbocycles. The summed E-state index contributed by atoms with van der Waals surface area (Å²) >= 11 is 0. The Morgan fingerprint density at radius 3 is 2.58 bits per heavy atom. The van der Waals surface area contributed by atoms with Gasteiger partial charge in [0, 0.05) is 24.0 Å². The van der Waals surface area contributed by atoms with Gasteiger partial charge in [0.05, 0.1) is 11.6 Å². The lowest BCUT2D eigenvalue weighted by molar-refractivity contribution is -0.147. The van der Waals surface area contributed by atoms with Gasteiger partial charge in [0.25, 0.3) is 5.91 Å². The largest absolute Gasteiger partial charge is 0.508 e. The quantitative estimate of drug-likeness (QED) is 0.345. The van der Waals surface area contributed by atoms with Crippen LogP contribution in [0.3, 0.4) is 0 Å². The smallest absolute Gasteiger partial charge is 0.255 e. The molecule has 0 bridgehead atoms. The van der Waals surface area contributed by atoms with E-state index in [-0.39, 0.29) is 36.1 Å². The third-order valence-corrected chi connectivity index (χ3v) is 6.32. The predicted octanol–water partition coefficient (Wildman–Crippen LogP) is 0.961. The highest BCUT2D eigenvalue weighted by Crippen LogP contribution is 2.52. The number of ketones is 2. The fourth-order valence-electron chi connectivity index (χ4n) is 4.93. The van der Waals surface area contributed by atoms with Gasteiger partial charge in [0.15, 0.2) is 11.4 Å². The van der Waals surface area contributed by atoms with Crippen LogP contribution in [0.15, 0.2) is 35.1 Å². The van der Waals surface area contributed by atoms with Crippen molar-refractivity contribution in [2.75, 3.05) is 0 Å². The van der Waals surface area contributed by atoms with E-state index in [4.69, 9.17) is 11.0 Å². The fourth-order valence-corrected chi connectivity index (χ4v) is 4.93. The molecule has 31 heavy (non-hydrogen) atoms. The topological polar surface area (TPSA) is 182 Å². The van der Waals surface area contributed by atoms with Gasteiger partial charge in [-0.1, -0.05) is 6.07 Å². The molecular formula is C22H18N2O7. The maximum atomic E-state index is 13.3. The summed E-state index contributed by atoms with van der Waals surface area (Å²) in [6, 6.07) is 4.74. The SMILES string of the molecule is N#CC=Cc1ccc(O)c2c1C[C@H]1C[C@H]3CC(=O)C(C(N)=O)=C(O)[C@@]3(O)C(=O)C1=C2O. The summed E-state index contributed by atoms with van der Waals surface area (Å²) in [5.74, 6) is -6.67. The van der Waals surface area contributed by atoms with Crippen molar-refractivity contribution in [3.63, 3.8) is 0 Å². The van der Waals surface area contributed by atoms with E-state index in [1.807, 2.05) is 6.07 Å². The minimum Gasteiger partial charge on any atom is -0.508 e. The van der Waals surface area contributed by atoms with Crippen molar-refractivity contribution in [3.05, 3.63) is 51.8 Å². The number of benzene rings is 1. The molecule has 1 aromatic rings. The summed E-state index contributed by atoms with van der Waals surface area (Å²) in [4.78, 5) is 37.3. The van der Waals surface area contributed by atoms with Gasteiger partial charge >= 0.3 is 0 Å². The zero-order valence-electron chi connectivity index (χ0n) is 16.1. The number of fused-ring (bicyclic) bond motifs is 3. The number of Topliss-reactive ketones (excluding diaryl/α,β-unsaturated/α-hetero) is 2. The predicted molar refractivity (Wildman–Crippen MR) is 106 cm³/mol. The van der Waals surface area contributed by atoms with Gasteiger partial charge in [-0.3, -0.25) is 14.4 Å². The molecule has 0 unspecified atom stereocenters. The van der Waals surface area contributed by atoms with E-state index in [1.165, 1.54) is 18.2 Å². The third kappa shape index (κ3) is 2.69. The number of phenols is 1. The second kappa shape index (κ2) is 6.82. The molecule has 1 amide bonds. The maximum absolute atomic E-state index is 13.3. The van der Waals surface area contributed by atoms with Gasteiger partial charge in [-0.25, -0.2) is 0 Å². The molecule has 158 valence electrons. The van der Waals surface area contributed by atoms with Crippen LogP contribution in [0.25, 0.3) is 11.8 Å². The van der Waals surface area contributed by atoms with Crippen LogP contribution in [0.2, 0.25) is 0 Å². The summed E-state index contributed by atoms with van der Waals surface area (Å²) in [6.07, 6.45) is 2.62. The van der Waals surface area contributed by atoms with Crippen LogP contribution in [0.1, 0.15) is 29.5 Å². The maximum Gasteiger partial charge on any atom is 0.255 e. The second-order valence-corrected chi connectivity index (χ2v) is 7.90. The molecule has 0 aliphatic heterocycles. The van der Waals surface area contributed by atoms with E-state index in [1.54, 1.807) is 6.07 Å². The Bertz CT molecular complexity index is 1200. The highest BCUT2D eigenvalue weighted by molar-refractivity contribution is 6.22. The number of nitriles is 1. The molecule has 9 heteroatoms. The lowest BCUT2D eigenvalue weighted by Gasteiger charge is -2.46. The lowest BCUT2D eigenvalue weighted by Crippen LogP contribution is -2.58. The number of nitrogens with zero attached hydrogens (tertiary/aromatic N) is 1. The molecule has 0 aromatic heterocycles. The number of hydrogen-bond acceptors (Lipinski definition) is 8. The molecule has 0 radical (unpaired) electrons. The molecule has 6 N–H and O–H groups in total. The van der Waals surface area contributed by atoms with Crippen LogP contribution >= 0.6 is 0 Å². The Hall–Kier alpha value is -3.90. The van der Waals surface area contributed by atoms with E-state index in [0.29, 0.717) is 11.1 Å². The Kier molecular flexibility index (Phi) is 4.48. The Morgan fingerprint density at radius 1 is 1.23 bits per heavy atom. The first kappa shape index (κ1) is 20.4. The van der Waals surface area contributed by atoms with Crippen LogP contribution in [0, 0.1) is 23.2 Å². The van der Waals surface area contributed by atoms with Crippen molar-refractivity contribution in [1.29, 1.82) is 5.26 Å². The first-order valence-corrected chi connectivity index (χ1v) is 9.51. The highest BCUT2D eigenvalue weighted by Gasteiger charge is 2.60. The summed E-state index contributed by atoms with van der Waals surface area (Å²) in [5, 5.41) is 51.7. The third-order valence-electron chi connectivity index (χ3n) is 6.32. The molecule has 3 aliphatic carbocycles. The van der Waals surface area contributed by atoms with Crippen LogP contribution in [-0.2, 0) is 20.8 Å². The molecule has 3 aliphatic rings. The average molecular weight is 422 g/mol. The zero-order chi connectivity index (χ0) is 22.7. The normalized spacial score (nSPS) is 27.6. The zero-order valence-corrected chi connectivity index (χ0v) is 16.1. The molecule has 4 rings (SSSR count). The van der Waals surface area contributed by atoms with Crippen molar-refractivity contribution < 1.29 is 34.8 Å². The van der Waals surface area contributed by atoms with Crippen molar-refractivity contribution in [2.24, 2.45) is 17.6 Å². The van der Waals surface area contributed by atoms with Gasteiger partial charge in [-0.05, 0) is 42.0 Å². The molecule has 1 saturated carbocycles. The van der Waals surface area contributed by atoms with Gasteiger partial charge in [0.1, 0.15) is 22.8 Å². The summed E-state index contributed by atoms with van der Waals surface area (Å²) in [5.41, 5.74) is 2.61. The summed E-state index contributed by atoms with van der Waals surface area (Å²) in [7, 11) is 0. The lowest BCUT2D eigenvalue weighted by atomic mass is 9.59. The first-order valence-electron chi connectivity index (χ1n) is 9.51. The summed E-state index contributed by atoms with van der Waals surface area (Å²) < 4.78 is 0. The monoisotopic (exact) mass is 422 g/mol. The number of allylic oxidation sites excluding steroid dienone is 1. The Labute approximate surface area is 176 Å². The van der Waals surface area contributed by atoms with Gasteiger partial charge in [-0.2, -0.15) is 5.26 Å². The van der Waals surface area contributed by atoms with Crippen LogP contribution in [0.5, 0.6) is 5.75 Å². The number of aliphatic hydroxyl groups is 3. The Morgan fingerprint density at radius 2 is 1.94 bits per heavy atom. The van der Waals surface area contributed by atoms with Crippen LogP contribution < -0.4 is 5.73 Å². The summed E-state index contributed by atoms with van der Waals surface area (Å²) in [6.45, 7) is 0. The number of hydrogen-bond donors (Lipinski definition) is 5. The number of carbonyl (C=O) groups excluding carboxylic acids is 3. The first-order chi connectivity index (χ1) is 14.6. The van der Waals surface area contributed by atoms with Crippen molar-refractivity contribution in [2.45, 2.75) is 24.9 Å². The fraction of sp³-hybridized carbons (Fsp3) is 0.273. The molecule has 0 heterocycles.